The smallest absolute Gasteiger partial charge is 0.338 e. The Morgan fingerprint density at radius 1 is 0.897 bits per heavy atom. The van der Waals surface area contributed by atoms with Crippen molar-refractivity contribution < 1.29 is 19.1 Å². The fourth-order valence-corrected chi connectivity index (χ4v) is 2.64. The number of carbonyl (C=O) groups excluding carboxylic acids is 2. The van der Waals surface area contributed by atoms with Crippen molar-refractivity contribution in [2.45, 2.75) is 46.5 Å². The second-order valence-electron chi connectivity index (χ2n) is 7.46. The SMILES string of the molecule is CCCCCCOc1ccc(C(=O)Nc2ccc(C(=O)OCC(C)C)cc2)cc1. The van der Waals surface area contributed by atoms with Crippen LogP contribution in [-0.4, -0.2) is 25.1 Å². The van der Waals surface area contributed by atoms with E-state index in [1.807, 2.05) is 26.0 Å². The molecule has 0 heterocycles. The number of esters is 1. The highest BCUT2D eigenvalue weighted by Crippen LogP contribution is 2.16. The summed E-state index contributed by atoms with van der Waals surface area (Å²) < 4.78 is 10.9. The van der Waals surface area contributed by atoms with Crippen molar-refractivity contribution in [3.8, 4) is 5.75 Å². The molecule has 0 bridgehead atoms. The predicted molar refractivity (Wildman–Crippen MR) is 116 cm³/mol. The molecule has 0 fully saturated rings. The zero-order valence-corrected chi connectivity index (χ0v) is 17.6. The average Bonchev–Trinajstić information content (AvgIpc) is 2.72. The highest BCUT2D eigenvalue weighted by atomic mass is 16.5. The first kappa shape index (κ1) is 22.5. The minimum atomic E-state index is -0.359. The third kappa shape index (κ3) is 7.98. The lowest BCUT2D eigenvalue weighted by Crippen LogP contribution is -2.13. The van der Waals surface area contributed by atoms with E-state index in [1.165, 1.54) is 19.3 Å². The van der Waals surface area contributed by atoms with Crippen LogP contribution >= 0.6 is 0 Å². The number of hydrogen-bond acceptors (Lipinski definition) is 4. The monoisotopic (exact) mass is 397 g/mol. The second-order valence-corrected chi connectivity index (χ2v) is 7.46. The molecular weight excluding hydrogens is 366 g/mol. The van der Waals surface area contributed by atoms with E-state index in [0.29, 0.717) is 30.0 Å². The van der Waals surface area contributed by atoms with Gasteiger partial charge < -0.3 is 14.8 Å². The topological polar surface area (TPSA) is 64.6 Å². The van der Waals surface area contributed by atoms with Gasteiger partial charge in [0.2, 0.25) is 0 Å². The summed E-state index contributed by atoms with van der Waals surface area (Å²) in [5.74, 6) is 0.481. The normalized spacial score (nSPS) is 10.6. The molecule has 1 amide bonds. The van der Waals surface area contributed by atoms with Gasteiger partial charge in [0.1, 0.15) is 5.75 Å². The fourth-order valence-electron chi connectivity index (χ4n) is 2.64. The van der Waals surface area contributed by atoms with Gasteiger partial charge in [-0.1, -0.05) is 40.0 Å². The molecule has 1 N–H and O–H groups in total. The Morgan fingerprint density at radius 2 is 1.55 bits per heavy atom. The molecule has 0 saturated carbocycles. The number of anilines is 1. The summed E-state index contributed by atoms with van der Waals surface area (Å²) in [5, 5.41) is 2.83. The molecule has 2 aromatic rings. The second kappa shape index (κ2) is 11.9. The van der Waals surface area contributed by atoms with E-state index in [2.05, 4.69) is 12.2 Å². The summed E-state index contributed by atoms with van der Waals surface area (Å²) in [6.45, 7) is 7.23. The third-order valence-corrected chi connectivity index (χ3v) is 4.31. The molecule has 0 atom stereocenters. The van der Waals surface area contributed by atoms with E-state index in [9.17, 15) is 9.59 Å². The highest BCUT2D eigenvalue weighted by Gasteiger charge is 2.10. The standard InChI is InChI=1S/C24H31NO4/c1-4-5-6-7-16-28-22-14-10-19(11-15-22)23(26)25-21-12-8-20(9-13-21)24(27)29-17-18(2)3/h8-15,18H,4-7,16-17H2,1-3H3,(H,25,26). The van der Waals surface area contributed by atoms with E-state index in [4.69, 9.17) is 9.47 Å². The van der Waals surface area contributed by atoms with Gasteiger partial charge in [-0.15, -0.1) is 0 Å². The maximum atomic E-state index is 12.4. The van der Waals surface area contributed by atoms with Crippen LogP contribution in [0.3, 0.4) is 0 Å². The van der Waals surface area contributed by atoms with Crippen LogP contribution in [0.15, 0.2) is 48.5 Å². The Kier molecular flexibility index (Phi) is 9.22. The zero-order valence-electron chi connectivity index (χ0n) is 17.6. The number of benzene rings is 2. The lowest BCUT2D eigenvalue weighted by Gasteiger charge is -2.09. The van der Waals surface area contributed by atoms with Crippen molar-refractivity contribution in [1.29, 1.82) is 0 Å². The third-order valence-electron chi connectivity index (χ3n) is 4.31. The summed E-state index contributed by atoms with van der Waals surface area (Å²) in [4.78, 5) is 24.4. The lowest BCUT2D eigenvalue weighted by atomic mass is 10.1. The first-order valence-corrected chi connectivity index (χ1v) is 10.3. The largest absolute Gasteiger partial charge is 0.494 e. The summed E-state index contributed by atoms with van der Waals surface area (Å²) in [7, 11) is 0. The van der Waals surface area contributed by atoms with Crippen molar-refractivity contribution in [1.82, 2.24) is 0 Å². The first-order valence-electron chi connectivity index (χ1n) is 10.3. The summed E-state index contributed by atoms with van der Waals surface area (Å²) in [6, 6.07) is 13.8. The number of rotatable bonds is 11. The number of hydrogen-bond donors (Lipinski definition) is 1. The van der Waals surface area contributed by atoms with E-state index in [0.717, 1.165) is 12.2 Å². The summed E-state index contributed by atoms with van der Waals surface area (Å²) >= 11 is 0. The van der Waals surface area contributed by atoms with Gasteiger partial charge in [0.05, 0.1) is 18.8 Å². The molecule has 0 aromatic heterocycles. The van der Waals surface area contributed by atoms with Gasteiger partial charge in [0, 0.05) is 11.3 Å². The van der Waals surface area contributed by atoms with Crippen LogP contribution in [0, 0.1) is 5.92 Å². The fraction of sp³-hybridized carbons (Fsp3) is 0.417. The van der Waals surface area contributed by atoms with Crippen molar-refractivity contribution in [2.75, 3.05) is 18.5 Å². The number of ether oxygens (including phenoxy) is 2. The van der Waals surface area contributed by atoms with Crippen LogP contribution in [0.1, 0.15) is 67.2 Å². The zero-order chi connectivity index (χ0) is 21.1. The van der Waals surface area contributed by atoms with Crippen LogP contribution in [0.25, 0.3) is 0 Å². The average molecular weight is 398 g/mol. The molecule has 0 spiro atoms. The van der Waals surface area contributed by atoms with Crippen LogP contribution < -0.4 is 10.1 Å². The predicted octanol–water partition coefficient (Wildman–Crippen LogP) is 5.71. The molecule has 29 heavy (non-hydrogen) atoms. The number of amides is 1. The van der Waals surface area contributed by atoms with Gasteiger partial charge in [0.15, 0.2) is 0 Å². The van der Waals surface area contributed by atoms with Crippen molar-refractivity contribution in [3.05, 3.63) is 59.7 Å². The molecule has 0 aliphatic rings. The minimum Gasteiger partial charge on any atom is -0.494 e. The summed E-state index contributed by atoms with van der Waals surface area (Å²) in [5.41, 5.74) is 1.62. The molecule has 0 aliphatic heterocycles. The van der Waals surface area contributed by atoms with E-state index < -0.39 is 0 Å². The van der Waals surface area contributed by atoms with Crippen molar-refractivity contribution >= 4 is 17.6 Å². The molecule has 0 saturated heterocycles. The Balaban J connectivity index is 1.84. The molecule has 2 aromatic carbocycles. The Bertz CT molecular complexity index is 766. The number of carbonyl (C=O) groups is 2. The van der Waals surface area contributed by atoms with Gasteiger partial charge in [-0.2, -0.15) is 0 Å². The Morgan fingerprint density at radius 3 is 2.17 bits per heavy atom. The quantitative estimate of drug-likeness (QED) is 0.389. The molecule has 5 nitrogen and oxygen atoms in total. The van der Waals surface area contributed by atoms with E-state index in [-0.39, 0.29) is 17.8 Å². The van der Waals surface area contributed by atoms with Crippen molar-refractivity contribution in [2.24, 2.45) is 5.92 Å². The highest BCUT2D eigenvalue weighted by molar-refractivity contribution is 6.04. The number of unbranched alkanes of at least 4 members (excludes halogenated alkanes) is 3. The maximum Gasteiger partial charge on any atom is 0.338 e. The van der Waals surface area contributed by atoms with Gasteiger partial charge in [-0.3, -0.25) is 4.79 Å². The van der Waals surface area contributed by atoms with Gasteiger partial charge in [0.25, 0.3) is 5.91 Å². The molecule has 0 aliphatic carbocycles. The molecule has 156 valence electrons. The Labute approximate surface area is 173 Å². The van der Waals surface area contributed by atoms with Gasteiger partial charge >= 0.3 is 5.97 Å². The van der Waals surface area contributed by atoms with Crippen LogP contribution in [0.5, 0.6) is 5.75 Å². The maximum absolute atomic E-state index is 12.4. The summed E-state index contributed by atoms with van der Waals surface area (Å²) in [6.07, 6.45) is 4.64. The molecule has 0 unspecified atom stereocenters. The van der Waals surface area contributed by atoms with Crippen molar-refractivity contribution in [3.63, 3.8) is 0 Å². The number of nitrogens with one attached hydrogen (secondary N) is 1. The molecule has 2 rings (SSSR count). The van der Waals surface area contributed by atoms with Crippen LogP contribution in [0.4, 0.5) is 5.69 Å². The van der Waals surface area contributed by atoms with Gasteiger partial charge in [-0.05, 0) is 60.9 Å². The Hall–Kier alpha value is -2.82. The van der Waals surface area contributed by atoms with E-state index in [1.54, 1.807) is 36.4 Å². The lowest BCUT2D eigenvalue weighted by molar-refractivity contribution is 0.0459. The van der Waals surface area contributed by atoms with Gasteiger partial charge in [-0.25, -0.2) is 4.79 Å². The molecular formula is C24H31NO4. The van der Waals surface area contributed by atoms with Crippen LogP contribution in [-0.2, 0) is 4.74 Å². The molecule has 5 heteroatoms. The van der Waals surface area contributed by atoms with E-state index >= 15 is 0 Å². The first-order chi connectivity index (χ1) is 14.0. The minimum absolute atomic E-state index is 0.213. The van der Waals surface area contributed by atoms with Crippen LogP contribution in [0.2, 0.25) is 0 Å². The molecule has 0 radical (unpaired) electrons.